The molecule has 1 heterocycles. The summed E-state index contributed by atoms with van der Waals surface area (Å²) in [4.78, 5) is 38.8. The Hall–Kier alpha value is -3.15. The van der Waals surface area contributed by atoms with E-state index in [1.165, 1.54) is 13.0 Å². The zero-order chi connectivity index (χ0) is 21.1. The van der Waals surface area contributed by atoms with E-state index in [1.54, 1.807) is 0 Å². The van der Waals surface area contributed by atoms with Gasteiger partial charge in [-0.05, 0) is 19.1 Å². The number of hydrogen-bond donors (Lipinski definition) is 4. The molecule has 1 atom stereocenters. The van der Waals surface area contributed by atoms with Gasteiger partial charge in [-0.2, -0.15) is 0 Å². The molecule has 28 heavy (non-hydrogen) atoms. The summed E-state index contributed by atoms with van der Waals surface area (Å²) >= 11 is 5.84. The topological polar surface area (TPSA) is 139 Å². The first kappa shape index (κ1) is 21.2. The van der Waals surface area contributed by atoms with Crippen molar-refractivity contribution in [3.63, 3.8) is 0 Å². The van der Waals surface area contributed by atoms with Gasteiger partial charge in [-0.3, -0.25) is 14.6 Å². The van der Waals surface area contributed by atoms with Crippen LogP contribution in [-0.2, 0) is 0 Å². The molecule has 1 amide bonds. The van der Waals surface area contributed by atoms with E-state index in [0.717, 1.165) is 12.1 Å². The van der Waals surface area contributed by atoms with Crippen LogP contribution in [0.1, 0.15) is 17.4 Å². The lowest BCUT2D eigenvalue weighted by molar-refractivity contribution is -0.274. The van der Waals surface area contributed by atoms with Gasteiger partial charge in [0.05, 0.1) is 11.1 Å². The summed E-state index contributed by atoms with van der Waals surface area (Å²) in [5.74, 6) is -1.28. The van der Waals surface area contributed by atoms with Crippen LogP contribution in [0, 0.1) is 0 Å². The van der Waals surface area contributed by atoms with Gasteiger partial charge in [0.25, 0.3) is 11.5 Å². The average molecular weight is 423 g/mol. The first-order chi connectivity index (χ1) is 13.0. The fourth-order valence-corrected chi connectivity index (χ4v) is 2.25. The number of alkyl halides is 3. The maximum atomic E-state index is 12.2. The Morgan fingerprint density at radius 1 is 1.32 bits per heavy atom. The maximum absolute atomic E-state index is 12.2. The smallest absolute Gasteiger partial charge is 0.490 e. The van der Waals surface area contributed by atoms with Gasteiger partial charge in [0.15, 0.2) is 0 Å². The van der Waals surface area contributed by atoms with Crippen molar-refractivity contribution in [1.29, 1.82) is 0 Å². The minimum absolute atomic E-state index is 0.0568. The normalized spacial score (nSPS) is 12.3. The van der Waals surface area contributed by atoms with E-state index in [4.69, 9.17) is 22.1 Å². The highest BCUT2D eigenvalue weighted by Gasteiger charge is 2.31. The molecule has 2 rings (SSSR count). The van der Waals surface area contributed by atoms with Crippen LogP contribution in [-0.4, -0.2) is 34.9 Å². The molecule has 1 aromatic carbocycles. The Morgan fingerprint density at radius 2 is 2.00 bits per heavy atom. The van der Waals surface area contributed by atoms with E-state index in [1.807, 2.05) is 4.98 Å². The van der Waals surface area contributed by atoms with E-state index in [2.05, 4.69) is 15.0 Å². The molecule has 2 aromatic rings. The molecular formula is C15H14ClF3N4O5. The Labute approximate surface area is 159 Å². The number of nitrogens with one attached hydrogen (secondary N) is 3. The lowest BCUT2D eigenvalue weighted by Crippen LogP contribution is -2.40. The van der Waals surface area contributed by atoms with E-state index in [9.17, 15) is 27.6 Å². The number of nitrogen functional groups attached to an aromatic ring is 1. The quantitative estimate of drug-likeness (QED) is 0.555. The molecule has 1 aromatic heterocycles. The highest BCUT2D eigenvalue weighted by Crippen LogP contribution is 2.31. The minimum Gasteiger partial charge on any atom is -0.490 e. The average Bonchev–Trinajstić information content (AvgIpc) is 2.55. The van der Waals surface area contributed by atoms with Crippen molar-refractivity contribution in [2.45, 2.75) is 19.3 Å². The highest BCUT2D eigenvalue weighted by molar-refractivity contribution is 6.32. The molecule has 0 unspecified atom stereocenters. The first-order valence-corrected chi connectivity index (χ1v) is 7.95. The van der Waals surface area contributed by atoms with Crippen LogP contribution in [0.4, 0.5) is 18.9 Å². The van der Waals surface area contributed by atoms with Gasteiger partial charge in [0, 0.05) is 6.07 Å². The van der Waals surface area contributed by atoms with Crippen molar-refractivity contribution in [3.05, 3.63) is 49.8 Å². The van der Waals surface area contributed by atoms with Gasteiger partial charge in [0.2, 0.25) is 0 Å². The SMILES string of the molecule is C[C@H](COc1ccc(OC(F)(F)F)cc1Cl)NC(=O)c1[nH]c(=O)[nH]c(=O)c1N. The molecule has 0 aliphatic carbocycles. The van der Waals surface area contributed by atoms with E-state index < -0.39 is 46.7 Å². The number of anilines is 1. The number of hydrogen-bond acceptors (Lipinski definition) is 6. The molecule has 0 spiro atoms. The third-order valence-electron chi connectivity index (χ3n) is 3.21. The van der Waals surface area contributed by atoms with Crippen LogP contribution in [0.3, 0.4) is 0 Å². The van der Waals surface area contributed by atoms with Crippen LogP contribution >= 0.6 is 11.6 Å². The predicted octanol–water partition coefficient (Wildman–Crippen LogP) is 1.39. The Morgan fingerprint density at radius 3 is 2.61 bits per heavy atom. The summed E-state index contributed by atoms with van der Waals surface area (Å²) in [5.41, 5.74) is 2.77. The van der Waals surface area contributed by atoms with Crippen molar-refractivity contribution < 1.29 is 27.4 Å². The number of benzene rings is 1. The number of amides is 1. The predicted molar refractivity (Wildman–Crippen MR) is 92.7 cm³/mol. The number of carbonyl (C=O) groups is 1. The second-order valence-corrected chi connectivity index (χ2v) is 5.93. The van der Waals surface area contributed by atoms with Crippen molar-refractivity contribution in [2.75, 3.05) is 12.3 Å². The van der Waals surface area contributed by atoms with Gasteiger partial charge in [-0.15, -0.1) is 13.2 Å². The first-order valence-electron chi connectivity index (χ1n) is 7.57. The molecule has 0 radical (unpaired) electrons. The number of carbonyl (C=O) groups excluding carboxylic acids is 1. The lowest BCUT2D eigenvalue weighted by Gasteiger charge is -2.16. The molecule has 0 fully saturated rings. The zero-order valence-electron chi connectivity index (χ0n) is 14.1. The Balaban J connectivity index is 1.99. The van der Waals surface area contributed by atoms with E-state index >= 15 is 0 Å². The van der Waals surface area contributed by atoms with Gasteiger partial charge in [0.1, 0.15) is 29.5 Å². The summed E-state index contributed by atoms with van der Waals surface area (Å²) in [6.07, 6.45) is -4.85. The van der Waals surface area contributed by atoms with Gasteiger partial charge >= 0.3 is 12.1 Å². The molecule has 13 heteroatoms. The van der Waals surface area contributed by atoms with Crippen molar-refractivity contribution >= 4 is 23.2 Å². The number of aromatic amines is 2. The minimum atomic E-state index is -4.85. The monoisotopic (exact) mass is 422 g/mol. The summed E-state index contributed by atoms with van der Waals surface area (Å²) in [7, 11) is 0. The van der Waals surface area contributed by atoms with Crippen LogP contribution < -0.4 is 31.8 Å². The molecule has 0 saturated carbocycles. The van der Waals surface area contributed by atoms with Gasteiger partial charge in [-0.1, -0.05) is 11.6 Å². The summed E-state index contributed by atoms with van der Waals surface area (Å²) < 4.78 is 45.6. The molecular weight excluding hydrogens is 409 g/mol. The molecule has 152 valence electrons. The molecule has 0 aliphatic heterocycles. The van der Waals surface area contributed by atoms with Crippen LogP contribution in [0.5, 0.6) is 11.5 Å². The zero-order valence-corrected chi connectivity index (χ0v) is 14.9. The van der Waals surface area contributed by atoms with Gasteiger partial charge in [-0.25, -0.2) is 4.79 Å². The lowest BCUT2D eigenvalue weighted by atomic mass is 10.3. The number of nitrogens with two attached hydrogens (primary N) is 1. The highest BCUT2D eigenvalue weighted by atomic mass is 35.5. The molecule has 0 aliphatic rings. The molecule has 9 nitrogen and oxygen atoms in total. The fourth-order valence-electron chi connectivity index (χ4n) is 2.02. The summed E-state index contributed by atoms with van der Waals surface area (Å²) in [6.45, 7) is 1.41. The Kier molecular flexibility index (Phi) is 6.23. The second kappa shape index (κ2) is 8.25. The van der Waals surface area contributed by atoms with E-state index in [0.29, 0.717) is 0 Å². The molecule has 5 N–H and O–H groups in total. The number of halogens is 4. The standard InChI is InChI=1S/C15H14ClF3N4O5/c1-6(21-13(25)11-10(20)12(24)23-14(26)22-11)5-27-9-3-2-7(4-8(9)16)28-15(17,18)19/h2-4,6H,5,20H2,1H3,(H,21,25)(H2,22,23,24,26)/t6-/m1/s1. The second-order valence-electron chi connectivity index (χ2n) is 5.52. The van der Waals surface area contributed by atoms with Crippen LogP contribution in [0.2, 0.25) is 5.02 Å². The number of aromatic nitrogens is 2. The number of ether oxygens (including phenoxy) is 2. The summed E-state index contributed by atoms with van der Waals surface area (Å²) in [6, 6.07) is 2.47. The van der Waals surface area contributed by atoms with Crippen molar-refractivity contribution in [3.8, 4) is 11.5 Å². The number of H-pyrrole nitrogens is 2. The van der Waals surface area contributed by atoms with Gasteiger partial charge < -0.3 is 25.5 Å². The maximum Gasteiger partial charge on any atom is 0.573 e. The van der Waals surface area contributed by atoms with Crippen molar-refractivity contribution in [2.24, 2.45) is 0 Å². The molecule has 0 bridgehead atoms. The summed E-state index contributed by atoms with van der Waals surface area (Å²) in [5, 5.41) is 2.30. The van der Waals surface area contributed by atoms with Crippen LogP contribution in [0.25, 0.3) is 0 Å². The number of rotatable bonds is 6. The van der Waals surface area contributed by atoms with Crippen LogP contribution in [0.15, 0.2) is 27.8 Å². The van der Waals surface area contributed by atoms with Crippen molar-refractivity contribution in [1.82, 2.24) is 15.3 Å². The molecule has 0 saturated heterocycles. The third-order valence-corrected chi connectivity index (χ3v) is 3.51. The Bertz CT molecular complexity index is 989. The largest absolute Gasteiger partial charge is 0.573 e. The van der Waals surface area contributed by atoms with E-state index in [-0.39, 0.29) is 17.4 Å². The third kappa shape index (κ3) is 5.67. The fraction of sp³-hybridized carbons (Fsp3) is 0.267.